The highest BCUT2D eigenvalue weighted by Gasteiger charge is 2.35. The van der Waals surface area contributed by atoms with E-state index in [-0.39, 0.29) is 11.4 Å². The molecule has 2 rings (SSSR count). The lowest BCUT2D eigenvalue weighted by Crippen LogP contribution is -2.14. The number of nitrogens with zero attached hydrogens (tertiary/aromatic N) is 4. The summed E-state index contributed by atoms with van der Waals surface area (Å²) in [5.74, 6) is -0.634. The molecule has 0 aliphatic carbocycles. The first-order valence-corrected chi connectivity index (χ1v) is 4.71. The molecule has 2 aromatic rings. The minimum absolute atomic E-state index is 0.00576. The molecule has 2 heterocycles. The number of pyridine rings is 1. The van der Waals surface area contributed by atoms with Crippen molar-refractivity contribution in [3.63, 3.8) is 0 Å². The second-order valence-corrected chi connectivity index (χ2v) is 3.34. The number of hydrogen-bond donors (Lipinski definition) is 1. The Balaban J connectivity index is 2.65. The van der Waals surface area contributed by atoms with Gasteiger partial charge >= 0.3 is 6.18 Å². The van der Waals surface area contributed by atoms with E-state index in [4.69, 9.17) is 11.0 Å². The predicted octanol–water partition coefficient (Wildman–Crippen LogP) is 1.74. The summed E-state index contributed by atoms with van der Waals surface area (Å²) in [5.41, 5.74) is 4.55. The summed E-state index contributed by atoms with van der Waals surface area (Å²) >= 11 is 0. The molecule has 0 aromatic carbocycles. The lowest BCUT2D eigenvalue weighted by Gasteiger charge is -2.11. The molecule has 0 atom stereocenters. The van der Waals surface area contributed by atoms with Gasteiger partial charge in [0.15, 0.2) is 5.82 Å². The third-order valence-electron chi connectivity index (χ3n) is 2.22. The minimum Gasteiger partial charge on any atom is -0.382 e. The molecule has 18 heavy (non-hydrogen) atoms. The maximum Gasteiger partial charge on any atom is 0.420 e. The molecule has 2 aromatic heterocycles. The summed E-state index contributed by atoms with van der Waals surface area (Å²) in [7, 11) is 0. The number of alkyl halides is 3. The van der Waals surface area contributed by atoms with Gasteiger partial charge in [-0.15, -0.1) is 0 Å². The summed E-state index contributed by atoms with van der Waals surface area (Å²) < 4.78 is 39.1. The number of hydrogen-bond acceptors (Lipinski definition) is 4. The van der Waals surface area contributed by atoms with Crippen molar-refractivity contribution < 1.29 is 13.2 Å². The molecule has 0 amide bonds. The van der Waals surface area contributed by atoms with Crippen molar-refractivity contribution in [2.75, 3.05) is 5.73 Å². The first-order chi connectivity index (χ1) is 8.45. The predicted molar refractivity (Wildman–Crippen MR) is 55.5 cm³/mol. The first kappa shape index (κ1) is 11.9. The zero-order chi connectivity index (χ0) is 13.3. The van der Waals surface area contributed by atoms with Gasteiger partial charge < -0.3 is 5.73 Å². The molecule has 0 aliphatic heterocycles. The lowest BCUT2D eigenvalue weighted by molar-refractivity contribution is -0.137. The van der Waals surface area contributed by atoms with Crippen molar-refractivity contribution in [3.05, 3.63) is 35.7 Å². The molecular weight excluding hydrogens is 247 g/mol. The van der Waals surface area contributed by atoms with Crippen LogP contribution in [0.3, 0.4) is 0 Å². The maximum atomic E-state index is 12.8. The van der Waals surface area contributed by atoms with Crippen LogP contribution in [0.2, 0.25) is 0 Å². The van der Waals surface area contributed by atoms with Crippen LogP contribution < -0.4 is 5.73 Å². The lowest BCUT2D eigenvalue weighted by atomic mass is 10.2. The smallest absolute Gasteiger partial charge is 0.382 e. The Labute approximate surface area is 99.3 Å². The monoisotopic (exact) mass is 253 g/mol. The SMILES string of the molecule is N#Cc1cnn(-c2ncccc2C(F)(F)F)c1N. The van der Waals surface area contributed by atoms with Gasteiger partial charge in [0.2, 0.25) is 0 Å². The van der Waals surface area contributed by atoms with Crippen molar-refractivity contribution in [1.29, 1.82) is 5.26 Å². The van der Waals surface area contributed by atoms with E-state index in [1.807, 2.05) is 0 Å². The Kier molecular flexibility index (Phi) is 2.67. The van der Waals surface area contributed by atoms with E-state index < -0.39 is 17.6 Å². The summed E-state index contributed by atoms with van der Waals surface area (Å²) in [5, 5.41) is 12.3. The topological polar surface area (TPSA) is 80.5 Å². The fraction of sp³-hybridized carbons (Fsp3) is 0.100. The molecular formula is C10H6F3N5. The van der Waals surface area contributed by atoms with Gasteiger partial charge in [-0.3, -0.25) is 0 Å². The molecule has 0 radical (unpaired) electrons. The average molecular weight is 253 g/mol. The minimum atomic E-state index is -4.57. The van der Waals surface area contributed by atoms with Crippen LogP contribution in [0.1, 0.15) is 11.1 Å². The Morgan fingerprint density at radius 1 is 1.39 bits per heavy atom. The van der Waals surface area contributed by atoms with Gasteiger partial charge in [0.1, 0.15) is 23.0 Å². The third-order valence-corrected chi connectivity index (χ3v) is 2.22. The zero-order valence-electron chi connectivity index (χ0n) is 8.81. The number of rotatable bonds is 1. The Hall–Kier alpha value is -2.56. The van der Waals surface area contributed by atoms with E-state index in [2.05, 4.69) is 10.1 Å². The molecule has 0 aliphatic rings. The van der Waals surface area contributed by atoms with Crippen LogP contribution in [0.5, 0.6) is 0 Å². The van der Waals surface area contributed by atoms with Crippen LogP contribution in [-0.4, -0.2) is 14.8 Å². The van der Waals surface area contributed by atoms with Gasteiger partial charge in [-0.05, 0) is 12.1 Å². The molecule has 5 nitrogen and oxygen atoms in total. The van der Waals surface area contributed by atoms with E-state index in [9.17, 15) is 13.2 Å². The molecule has 92 valence electrons. The number of nitriles is 1. The summed E-state index contributed by atoms with van der Waals surface area (Å²) in [6.45, 7) is 0. The largest absolute Gasteiger partial charge is 0.420 e. The molecule has 0 saturated heterocycles. The van der Waals surface area contributed by atoms with E-state index >= 15 is 0 Å². The maximum absolute atomic E-state index is 12.8. The fourth-order valence-corrected chi connectivity index (χ4v) is 1.40. The number of anilines is 1. The van der Waals surface area contributed by atoms with Crippen LogP contribution in [0.4, 0.5) is 19.0 Å². The fourth-order valence-electron chi connectivity index (χ4n) is 1.40. The molecule has 0 fully saturated rings. The molecule has 0 spiro atoms. The van der Waals surface area contributed by atoms with Crippen LogP contribution in [0.25, 0.3) is 5.82 Å². The van der Waals surface area contributed by atoms with Crippen LogP contribution in [0.15, 0.2) is 24.5 Å². The zero-order valence-corrected chi connectivity index (χ0v) is 8.81. The molecule has 0 saturated carbocycles. The normalized spacial score (nSPS) is 11.2. The van der Waals surface area contributed by atoms with Crippen molar-refractivity contribution in [3.8, 4) is 11.9 Å². The Bertz CT molecular complexity index is 623. The van der Waals surface area contributed by atoms with E-state index in [1.165, 1.54) is 6.20 Å². The van der Waals surface area contributed by atoms with Crippen molar-refractivity contribution in [2.24, 2.45) is 0 Å². The van der Waals surface area contributed by atoms with Crippen molar-refractivity contribution in [1.82, 2.24) is 14.8 Å². The van der Waals surface area contributed by atoms with Gasteiger partial charge in [-0.1, -0.05) is 0 Å². The first-order valence-electron chi connectivity index (χ1n) is 4.71. The molecule has 8 heteroatoms. The highest BCUT2D eigenvalue weighted by Crippen LogP contribution is 2.33. The van der Waals surface area contributed by atoms with Crippen LogP contribution in [0, 0.1) is 11.3 Å². The quantitative estimate of drug-likeness (QED) is 0.839. The number of nitrogen functional groups attached to an aromatic ring is 1. The standard InChI is InChI=1S/C10H6F3N5/c11-10(12,13)7-2-1-3-16-9(7)18-8(15)6(4-14)5-17-18/h1-3,5H,15H2. The van der Waals surface area contributed by atoms with Gasteiger partial charge in [0.25, 0.3) is 0 Å². The highest BCUT2D eigenvalue weighted by molar-refractivity contribution is 5.52. The Morgan fingerprint density at radius 2 is 2.11 bits per heavy atom. The molecule has 0 unspecified atom stereocenters. The van der Waals surface area contributed by atoms with Gasteiger partial charge in [0.05, 0.1) is 6.20 Å². The molecule has 0 bridgehead atoms. The molecule has 2 N–H and O–H groups in total. The van der Waals surface area contributed by atoms with Crippen molar-refractivity contribution >= 4 is 5.82 Å². The average Bonchev–Trinajstić information content (AvgIpc) is 2.69. The van der Waals surface area contributed by atoms with Gasteiger partial charge in [-0.2, -0.15) is 28.2 Å². The van der Waals surface area contributed by atoms with Gasteiger partial charge in [-0.25, -0.2) is 4.98 Å². The summed E-state index contributed by atoms with van der Waals surface area (Å²) in [4.78, 5) is 3.61. The van der Waals surface area contributed by atoms with Crippen molar-refractivity contribution in [2.45, 2.75) is 6.18 Å². The summed E-state index contributed by atoms with van der Waals surface area (Å²) in [6, 6.07) is 3.76. The van der Waals surface area contributed by atoms with E-state index in [0.717, 1.165) is 23.0 Å². The number of halogens is 3. The second-order valence-electron chi connectivity index (χ2n) is 3.34. The van der Waals surface area contributed by atoms with E-state index in [0.29, 0.717) is 0 Å². The van der Waals surface area contributed by atoms with E-state index in [1.54, 1.807) is 6.07 Å². The van der Waals surface area contributed by atoms with Crippen LogP contribution >= 0.6 is 0 Å². The number of aromatic nitrogens is 3. The number of nitrogens with two attached hydrogens (primary N) is 1. The third kappa shape index (κ3) is 1.86. The Morgan fingerprint density at radius 3 is 2.67 bits per heavy atom. The highest BCUT2D eigenvalue weighted by atomic mass is 19.4. The second kappa shape index (κ2) is 4.03. The van der Waals surface area contributed by atoms with Crippen LogP contribution in [-0.2, 0) is 6.18 Å². The van der Waals surface area contributed by atoms with Gasteiger partial charge in [0, 0.05) is 6.20 Å². The summed E-state index contributed by atoms with van der Waals surface area (Å²) in [6.07, 6.45) is -2.29.